The Morgan fingerprint density at radius 2 is 1.88 bits per heavy atom. The Morgan fingerprint density at radius 1 is 1.15 bits per heavy atom. The molecule has 214 valence electrons. The molecule has 0 saturated carbocycles. The van der Waals surface area contributed by atoms with Crippen molar-refractivity contribution in [2.24, 2.45) is 5.18 Å². The topological polar surface area (TPSA) is 94.3 Å². The molecule has 2 heterocycles. The molecule has 0 unspecified atom stereocenters. The molecule has 0 aliphatic heterocycles. The molecule has 2 aromatic heterocycles. The number of benzene rings is 1. The van der Waals surface area contributed by atoms with Crippen LogP contribution in [0.25, 0.3) is 5.70 Å². The van der Waals surface area contributed by atoms with Crippen LogP contribution in [0, 0.1) is 11.8 Å². The number of nitroso groups, excluding NO2 is 1. The van der Waals surface area contributed by atoms with Gasteiger partial charge in [0.15, 0.2) is 5.82 Å². The monoisotopic (exact) mass is 560 g/mol. The van der Waals surface area contributed by atoms with E-state index in [4.69, 9.17) is 9.47 Å². The SMILES string of the molecule is C=CN(C)c1nc(OCCOc2cccc(OC(F)(F)F)c2)n(Cc2ccc(C)nc2)c1C(=C)N(C)CCN=O. The van der Waals surface area contributed by atoms with Gasteiger partial charge in [0.05, 0.1) is 18.8 Å². The highest BCUT2D eigenvalue weighted by atomic mass is 19.4. The molecule has 0 aliphatic carbocycles. The minimum atomic E-state index is -4.80. The molecule has 0 aliphatic rings. The van der Waals surface area contributed by atoms with E-state index in [9.17, 15) is 18.1 Å². The van der Waals surface area contributed by atoms with Gasteiger partial charge in [0.2, 0.25) is 0 Å². The second-order valence-electron chi connectivity index (χ2n) is 8.69. The van der Waals surface area contributed by atoms with Crippen molar-refractivity contribution in [3.05, 3.63) is 83.8 Å². The van der Waals surface area contributed by atoms with E-state index < -0.39 is 6.36 Å². The quantitative estimate of drug-likeness (QED) is 0.184. The number of anilines is 1. The summed E-state index contributed by atoms with van der Waals surface area (Å²) in [6, 6.07) is 9.31. The van der Waals surface area contributed by atoms with Crippen LogP contribution in [0.4, 0.5) is 19.0 Å². The van der Waals surface area contributed by atoms with Gasteiger partial charge in [0.1, 0.15) is 30.4 Å². The molecular formula is C27H31F3N6O4. The van der Waals surface area contributed by atoms with Crippen molar-refractivity contribution in [2.75, 3.05) is 45.3 Å². The summed E-state index contributed by atoms with van der Waals surface area (Å²) in [4.78, 5) is 23.3. The molecule has 1 aromatic carbocycles. The zero-order chi connectivity index (χ0) is 29.3. The lowest BCUT2D eigenvalue weighted by molar-refractivity contribution is -0.274. The minimum Gasteiger partial charge on any atom is -0.490 e. The van der Waals surface area contributed by atoms with Crippen LogP contribution in [0.1, 0.15) is 17.0 Å². The van der Waals surface area contributed by atoms with Crippen LogP contribution in [-0.4, -0.2) is 66.2 Å². The van der Waals surface area contributed by atoms with Crippen LogP contribution in [0.3, 0.4) is 0 Å². The van der Waals surface area contributed by atoms with E-state index >= 15 is 0 Å². The highest BCUT2D eigenvalue weighted by Crippen LogP contribution is 2.33. The number of alkyl halides is 3. The van der Waals surface area contributed by atoms with E-state index in [0.29, 0.717) is 30.3 Å². The summed E-state index contributed by atoms with van der Waals surface area (Å²) in [5.41, 5.74) is 2.95. The summed E-state index contributed by atoms with van der Waals surface area (Å²) in [7, 11) is 3.57. The van der Waals surface area contributed by atoms with E-state index in [1.165, 1.54) is 18.2 Å². The lowest BCUT2D eigenvalue weighted by atomic mass is 10.2. The Labute approximate surface area is 230 Å². The average Bonchev–Trinajstić information content (AvgIpc) is 3.27. The number of nitrogens with zero attached hydrogens (tertiary/aromatic N) is 6. The fourth-order valence-corrected chi connectivity index (χ4v) is 3.63. The van der Waals surface area contributed by atoms with Gasteiger partial charge in [0, 0.05) is 38.6 Å². The van der Waals surface area contributed by atoms with Crippen molar-refractivity contribution in [1.82, 2.24) is 19.4 Å². The van der Waals surface area contributed by atoms with Gasteiger partial charge in [-0.3, -0.25) is 9.55 Å². The minimum absolute atomic E-state index is 0.0161. The average molecular weight is 561 g/mol. The fraction of sp³-hybridized carbons (Fsp3) is 0.333. The highest BCUT2D eigenvalue weighted by molar-refractivity contribution is 5.71. The third kappa shape index (κ3) is 8.22. The number of hydrogen-bond donors (Lipinski definition) is 0. The van der Waals surface area contributed by atoms with Gasteiger partial charge < -0.3 is 24.0 Å². The Balaban J connectivity index is 1.87. The third-order valence-corrected chi connectivity index (χ3v) is 5.72. The molecule has 0 saturated heterocycles. The van der Waals surface area contributed by atoms with Crippen molar-refractivity contribution < 1.29 is 27.4 Å². The molecule has 3 aromatic rings. The van der Waals surface area contributed by atoms with E-state index in [1.807, 2.05) is 23.6 Å². The first-order valence-corrected chi connectivity index (χ1v) is 12.2. The highest BCUT2D eigenvalue weighted by Gasteiger charge is 2.31. The molecule has 0 spiro atoms. The van der Waals surface area contributed by atoms with Crippen molar-refractivity contribution >= 4 is 11.5 Å². The summed E-state index contributed by atoms with van der Waals surface area (Å²) in [6.07, 6.45) is -1.46. The largest absolute Gasteiger partial charge is 0.573 e. The van der Waals surface area contributed by atoms with Gasteiger partial charge >= 0.3 is 6.36 Å². The summed E-state index contributed by atoms with van der Waals surface area (Å²) in [6.45, 7) is 10.8. The summed E-state index contributed by atoms with van der Waals surface area (Å²) < 4.78 is 54.9. The molecule has 0 bridgehead atoms. The zero-order valence-corrected chi connectivity index (χ0v) is 22.5. The lowest BCUT2D eigenvalue weighted by Gasteiger charge is -2.24. The van der Waals surface area contributed by atoms with Gasteiger partial charge in [-0.1, -0.05) is 30.5 Å². The van der Waals surface area contributed by atoms with E-state index in [0.717, 1.165) is 17.3 Å². The number of likely N-dealkylation sites (N-methyl/N-ethyl adjacent to an activating group) is 1. The predicted molar refractivity (Wildman–Crippen MR) is 145 cm³/mol. The molecule has 13 heteroatoms. The van der Waals surface area contributed by atoms with Crippen LogP contribution in [0.15, 0.2) is 67.1 Å². The van der Waals surface area contributed by atoms with Crippen LogP contribution < -0.4 is 19.1 Å². The maximum atomic E-state index is 12.5. The Morgan fingerprint density at radius 3 is 2.52 bits per heavy atom. The number of imidazole rings is 1. The normalized spacial score (nSPS) is 11.1. The van der Waals surface area contributed by atoms with E-state index in [-0.39, 0.29) is 37.3 Å². The number of pyridine rings is 1. The smallest absolute Gasteiger partial charge is 0.490 e. The van der Waals surface area contributed by atoms with Crippen molar-refractivity contribution in [2.45, 2.75) is 19.8 Å². The molecule has 0 amide bonds. The molecular weight excluding hydrogens is 529 g/mol. The number of halogens is 3. The first kappa shape index (κ1) is 30.0. The van der Waals surface area contributed by atoms with Crippen molar-refractivity contribution in [3.63, 3.8) is 0 Å². The molecule has 0 atom stereocenters. The molecule has 40 heavy (non-hydrogen) atoms. The van der Waals surface area contributed by atoms with Gasteiger partial charge in [0.25, 0.3) is 6.01 Å². The lowest BCUT2D eigenvalue weighted by Crippen LogP contribution is -2.23. The maximum absolute atomic E-state index is 12.5. The first-order chi connectivity index (χ1) is 19.0. The molecule has 10 nitrogen and oxygen atoms in total. The van der Waals surface area contributed by atoms with Crippen molar-refractivity contribution in [3.8, 4) is 17.5 Å². The second-order valence-corrected chi connectivity index (χ2v) is 8.69. The molecule has 3 rings (SSSR count). The Kier molecular flexibility index (Phi) is 10.1. The number of aryl methyl sites for hydroxylation is 1. The Hall–Kier alpha value is -4.55. The molecule has 0 fully saturated rings. The van der Waals surface area contributed by atoms with E-state index in [2.05, 4.69) is 33.0 Å². The maximum Gasteiger partial charge on any atom is 0.573 e. The summed E-state index contributed by atoms with van der Waals surface area (Å²) >= 11 is 0. The Bertz CT molecular complexity index is 1310. The number of rotatable bonds is 15. The second kappa shape index (κ2) is 13.5. The summed E-state index contributed by atoms with van der Waals surface area (Å²) in [5, 5.41) is 2.93. The molecule has 0 radical (unpaired) electrons. The van der Waals surface area contributed by atoms with Crippen LogP contribution in [0.5, 0.6) is 17.5 Å². The van der Waals surface area contributed by atoms with E-state index in [1.54, 1.807) is 36.3 Å². The van der Waals surface area contributed by atoms with Gasteiger partial charge in [-0.25, -0.2) is 0 Å². The van der Waals surface area contributed by atoms with Gasteiger partial charge in [-0.2, -0.15) is 9.89 Å². The number of ether oxygens (including phenoxy) is 3. The van der Waals surface area contributed by atoms with Crippen molar-refractivity contribution in [1.29, 1.82) is 0 Å². The number of hydrogen-bond acceptors (Lipinski definition) is 9. The summed E-state index contributed by atoms with van der Waals surface area (Å²) in [5.74, 6) is 0.312. The van der Waals surface area contributed by atoms with Gasteiger partial charge in [-0.05, 0) is 36.9 Å². The standard InChI is InChI=1S/C27H31F3N6O4/c1-6-34(4)25-24(20(3)35(5)13-12-32-37)36(18-21-11-10-19(2)31-17-21)26(33-25)39-15-14-38-22-8-7-9-23(16-22)40-27(28,29)30/h6-11,16-17H,1,3,12-15,18H2,2,4-5H3. The first-order valence-electron chi connectivity index (χ1n) is 12.2. The van der Waals surface area contributed by atoms with Crippen LogP contribution in [-0.2, 0) is 6.54 Å². The van der Waals surface area contributed by atoms with Crippen LogP contribution >= 0.6 is 0 Å². The number of aromatic nitrogens is 3. The zero-order valence-electron chi connectivity index (χ0n) is 22.5. The third-order valence-electron chi connectivity index (χ3n) is 5.72. The molecule has 0 N–H and O–H groups in total. The fourth-order valence-electron chi connectivity index (χ4n) is 3.63. The van der Waals surface area contributed by atoms with Crippen LogP contribution in [0.2, 0.25) is 0 Å². The predicted octanol–water partition coefficient (Wildman–Crippen LogP) is 5.24. The van der Waals surface area contributed by atoms with Gasteiger partial charge in [-0.15, -0.1) is 13.2 Å².